The lowest BCUT2D eigenvalue weighted by atomic mass is 10.3. The third-order valence-corrected chi connectivity index (χ3v) is 2.75. The molecule has 0 bridgehead atoms. The summed E-state index contributed by atoms with van der Waals surface area (Å²) < 4.78 is 22.0. The first-order chi connectivity index (χ1) is 10.7. The predicted molar refractivity (Wildman–Crippen MR) is 85.4 cm³/mol. The van der Waals surface area contributed by atoms with Crippen molar-refractivity contribution in [3.05, 3.63) is 43.9 Å². The Morgan fingerprint density at radius 1 is 0.955 bits per heavy atom. The van der Waals surface area contributed by atoms with Gasteiger partial charge in [0, 0.05) is 25.0 Å². The molecule has 22 heavy (non-hydrogen) atoms. The van der Waals surface area contributed by atoms with Crippen LogP contribution in [0.1, 0.15) is 39.5 Å². The number of hydrogen-bond acceptors (Lipinski definition) is 5. The third kappa shape index (κ3) is 6.52. The summed E-state index contributed by atoms with van der Waals surface area (Å²) in [7, 11) is 0. The maximum absolute atomic E-state index is 5.69. The Morgan fingerprint density at radius 2 is 1.41 bits per heavy atom. The van der Waals surface area contributed by atoms with E-state index in [1.54, 1.807) is 12.1 Å². The first-order valence-corrected chi connectivity index (χ1v) is 7.56. The van der Waals surface area contributed by atoms with E-state index in [0.717, 1.165) is 25.7 Å². The molecule has 0 aliphatic carbocycles. The van der Waals surface area contributed by atoms with Gasteiger partial charge in [0.25, 0.3) is 0 Å². The lowest BCUT2D eigenvalue weighted by Crippen LogP contribution is -2.20. The zero-order chi connectivity index (χ0) is 16.2. The normalized spacial score (nSPS) is 12.8. The molecular formula is C17H25NO4. The van der Waals surface area contributed by atoms with Gasteiger partial charge in [-0.1, -0.05) is 33.1 Å². The number of nitrogens with zero attached hydrogens (tertiary/aromatic N) is 1. The van der Waals surface area contributed by atoms with Gasteiger partial charge in [-0.25, -0.2) is 0 Å². The monoisotopic (exact) mass is 307 g/mol. The first kappa shape index (κ1) is 17.9. The summed E-state index contributed by atoms with van der Waals surface area (Å²) >= 11 is 0. The van der Waals surface area contributed by atoms with Crippen molar-refractivity contribution in [1.29, 1.82) is 0 Å². The molecule has 0 aromatic carbocycles. The van der Waals surface area contributed by atoms with E-state index in [1.165, 1.54) is 12.5 Å². The van der Waals surface area contributed by atoms with Crippen LogP contribution in [0.2, 0.25) is 0 Å². The van der Waals surface area contributed by atoms with Crippen LogP contribution in [-0.2, 0) is 9.47 Å². The highest BCUT2D eigenvalue weighted by atomic mass is 16.7. The SMILES string of the molecule is C=COC(CCC)Oc1cccc(OC(CCC)OC=C)n1. The molecule has 0 saturated carbocycles. The second kappa shape index (κ2) is 10.5. The molecule has 1 rings (SSSR count). The van der Waals surface area contributed by atoms with Crippen LogP contribution in [0.15, 0.2) is 43.9 Å². The summed E-state index contributed by atoms with van der Waals surface area (Å²) in [4.78, 5) is 4.31. The van der Waals surface area contributed by atoms with Crippen molar-refractivity contribution in [2.45, 2.75) is 52.1 Å². The predicted octanol–water partition coefficient (Wildman–Crippen LogP) is 4.41. The fourth-order valence-corrected chi connectivity index (χ4v) is 1.79. The van der Waals surface area contributed by atoms with Crippen molar-refractivity contribution in [3.8, 4) is 11.8 Å². The molecule has 0 amide bonds. The first-order valence-electron chi connectivity index (χ1n) is 7.56. The molecule has 0 aliphatic rings. The number of rotatable bonds is 12. The molecule has 2 atom stereocenters. The van der Waals surface area contributed by atoms with E-state index in [2.05, 4.69) is 32.0 Å². The van der Waals surface area contributed by atoms with Gasteiger partial charge in [-0.15, -0.1) is 0 Å². The highest BCUT2D eigenvalue weighted by Crippen LogP contribution is 2.19. The molecule has 5 heteroatoms. The molecule has 0 fully saturated rings. The van der Waals surface area contributed by atoms with Crippen molar-refractivity contribution >= 4 is 0 Å². The van der Waals surface area contributed by atoms with Gasteiger partial charge in [0.1, 0.15) is 0 Å². The highest BCUT2D eigenvalue weighted by molar-refractivity contribution is 5.20. The molecule has 1 heterocycles. The Balaban J connectivity index is 2.70. The topological polar surface area (TPSA) is 49.8 Å². The minimum atomic E-state index is -0.402. The Hall–Kier alpha value is -2.17. The van der Waals surface area contributed by atoms with Crippen LogP contribution in [0, 0.1) is 0 Å². The van der Waals surface area contributed by atoms with Gasteiger partial charge in [0.15, 0.2) is 0 Å². The van der Waals surface area contributed by atoms with Gasteiger partial charge in [0.2, 0.25) is 24.3 Å². The van der Waals surface area contributed by atoms with Gasteiger partial charge in [0.05, 0.1) is 12.5 Å². The molecular weight excluding hydrogens is 282 g/mol. The summed E-state index contributed by atoms with van der Waals surface area (Å²) in [6, 6.07) is 5.32. The van der Waals surface area contributed by atoms with Gasteiger partial charge in [-0.05, 0) is 12.8 Å². The van der Waals surface area contributed by atoms with Crippen LogP contribution in [0.4, 0.5) is 0 Å². The van der Waals surface area contributed by atoms with Gasteiger partial charge >= 0.3 is 0 Å². The third-order valence-electron chi connectivity index (χ3n) is 2.75. The van der Waals surface area contributed by atoms with E-state index in [9.17, 15) is 0 Å². The number of pyridine rings is 1. The smallest absolute Gasteiger partial charge is 0.242 e. The van der Waals surface area contributed by atoms with Gasteiger partial charge in [-0.3, -0.25) is 0 Å². The molecule has 5 nitrogen and oxygen atoms in total. The fraction of sp³-hybridized carbons (Fsp3) is 0.471. The van der Waals surface area contributed by atoms with Gasteiger partial charge in [-0.2, -0.15) is 4.98 Å². The minimum Gasteiger partial charge on any atom is -0.463 e. The molecule has 0 saturated heterocycles. The lowest BCUT2D eigenvalue weighted by Gasteiger charge is -2.19. The van der Waals surface area contributed by atoms with Crippen molar-refractivity contribution in [2.75, 3.05) is 0 Å². The Labute approximate surface area is 132 Å². The Morgan fingerprint density at radius 3 is 1.77 bits per heavy atom. The summed E-state index contributed by atoms with van der Waals surface area (Å²) in [6.07, 6.45) is 5.29. The van der Waals surface area contributed by atoms with E-state index in [1.807, 2.05) is 6.07 Å². The van der Waals surface area contributed by atoms with E-state index in [-0.39, 0.29) is 0 Å². The van der Waals surface area contributed by atoms with Crippen LogP contribution in [0.3, 0.4) is 0 Å². The Kier molecular flexibility index (Phi) is 8.57. The van der Waals surface area contributed by atoms with Crippen LogP contribution in [-0.4, -0.2) is 17.6 Å². The Bertz CT molecular complexity index is 413. The molecule has 0 radical (unpaired) electrons. The summed E-state index contributed by atoms with van der Waals surface area (Å²) in [5.41, 5.74) is 0. The number of ether oxygens (including phenoxy) is 4. The maximum Gasteiger partial charge on any atom is 0.242 e. The summed E-state index contributed by atoms with van der Waals surface area (Å²) in [5.74, 6) is 0.873. The molecule has 1 aromatic heterocycles. The molecule has 2 unspecified atom stereocenters. The van der Waals surface area contributed by atoms with E-state index >= 15 is 0 Å². The zero-order valence-corrected chi connectivity index (χ0v) is 13.4. The van der Waals surface area contributed by atoms with Gasteiger partial charge < -0.3 is 18.9 Å². The van der Waals surface area contributed by atoms with Crippen molar-refractivity contribution in [1.82, 2.24) is 4.98 Å². The zero-order valence-electron chi connectivity index (χ0n) is 13.4. The van der Waals surface area contributed by atoms with Crippen LogP contribution < -0.4 is 9.47 Å². The van der Waals surface area contributed by atoms with E-state index in [4.69, 9.17) is 18.9 Å². The number of hydrogen-bond donors (Lipinski definition) is 0. The highest BCUT2D eigenvalue weighted by Gasteiger charge is 2.13. The standard InChI is InChI=1S/C17H25NO4/c1-5-10-16(19-7-3)21-14-12-9-13-15(18-14)22-17(11-6-2)20-8-4/h7-9,12-13,16-17H,3-6,10-11H2,1-2H3. The molecule has 1 aromatic rings. The van der Waals surface area contributed by atoms with Crippen LogP contribution >= 0.6 is 0 Å². The molecule has 0 N–H and O–H groups in total. The largest absolute Gasteiger partial charge is 0.463 e. The van der Waals surface area contributed by atoms with Crippen LogP contribution in [0.25, 0.3) is 0 Å². The van der Waals surface area contributed by atoms with Crippen molar-refractivity contribution in [2.24, 2.45) is 0 Å². The number of aromatic nitrogens is 1. The lowest BCUT2D eigenvalue weighted by molar-refractivity contribution is -0.0449. The quantitative estimate of drug-likeness (QED) is 0.423. The summed E-state index contributed by atoms with van der Waals surface area (Å²) in [6.45, 7) is 11.2. The average Bonchev–Trinajstić information content (AvgIpc) is 2.49. The molecule has 0 spiro atoms. The van der Waals surface area contributed by atoms with E-state index in [0.29, 0.717) is 11.8 Å². The fourth-order valence-electron chi connectivity index (χ4n) is 1.79. The van der Waals surface area contributed by atoms with Crippen molar-refractivity contribution < 1.29 is 18.9 Å². The second-order valence-corrected chi connectivity index (χ2v) is 4.59. The van der Waals surface area contributed by atoms with E-state index < -0.39 is 12.6 Å². The average molecular weight is 307 g/mol. The minimum absolute atomic E-state index is 0.402. The van der Waals surface area contributed by atoms with Crippen LogP contribution in [0.5, 0.6) is 11.8 Å². The molecule has 122 valence electrons. The summed E-state index contributed by atoms with van der Waals surface area (Å²) in [5, 5.41) is 0. The molecule has 0 aliphatic heterocycles. The second-order valence-electron chi connectivity index (χ2n) is 4.59. The maximum atomic E-state index is 5.69. The van der Waals surface area contributed by atoms with Crippen molar-refractivity contribution in [3.63, 3.8) is 0 Å².